The Morgan fingerprint density at radius 3 is 2.84 bits per heavy atom. The van der Waals surface area contributed by atoms with Gasteiger partial charge in [-0.05, 0) is 29.5 Å². The van der Waals surface area contributed by atoms with Crippen molar-refractivity contribution >= 4 is 23.9 Å². The van der Waals surface area contributed by atoms with Gasteiger partial charge in [0.25, 0.3) is 5.95 Å². The Morgan fingerprint density at radius 1 is 1.16 bits per heavy atom. The van der Waals surface area contributed by atoms with Crippen LogP contribution in [-0.4, -0.2) is 34.0 Å². The van der Waals surface area contributed by atoms with Gasteiger partial charge < -0.3 is 9.47 Å². The molecule has 25 heavy (non-hydrogen) atoms. The molecule has 1 aliphatic rings. The molecule has 0 spiro atoms. The Bertz CT molecular complexity index is 909. The predicted molar refractivity (Wildman–Crippen MR) is 97.2 cm³/mol. The minimum atomic E-state index is 0.274. The molecule has 126 valence electrons. The van der Waals surface area contributed by atoms with E-state index in [2.05, 4.69) is 15.1 Å². The molecule has 7 heteroatoms. The number of nitrogens with zero attached hydrogens (tertiary/aromatic N) is 4. The zero-order chi connectivity index (χ0) is 17.1. The maximum Gasteiger partial charge on any atom is 0.269 e. The Labute approximate surface area is 149 Å². The van der Waals surface area contributed by atoms with Gasteiger partial charge in [-0.25, -0.2) is 9.67 Å². The number of thioether (sulfide) groups is 1. The molecular formula is C18H16N4O2S. The first-order chi connectivity index (χ1) is 12.3. The van der Waals surface area contributed by atoms with Crippen LogP contribution in [0.15, 0.2) is 58.7 Å². The lowest BCUT2D eigenvalue weighted by molar-refractivity contribution is 0.174. The van der Waals surface area contributed by atoms with Gasteiger partial charge in [-0.2, -0.15) is 4.98 Å². The van der Waals surface area contributed by atoms with E-state index in [1.807, 2.05) is 59.5 Å². The van der Waals surface area contributed by atoms with Crippen LogP contribution in [-0.2, 0) is 6.54 Å². The minimum Gasteiger partial charge on any atom is -0.454 e. The molecule has 0 N–H and O–H groups in total. The summed E-state index contributed by atoms with van der Waals surface area (Å²) in [5.41, 5.74) is 2.09. The summed E-state index contributed by atoms with van der Waals surface area (Å²) in [6, 6.07) is 15.8. The Kier molecular flexibility index (Phi) is 4.39. The third kappa shape index (κ3) is 3.51. The Balaban J connectivity index is 1.55. The van der Waals surface area contributed by atoms with Crippen molar-refractivity contribution in [2.75, 3.05) is 13.0 Å². The summed E-state index contributed by atoms with van der Waals surface area (Å²) in [6.07, 6.45) is 3.75. The highest BCUT2D eigenvalue weighted by Gasteiger charge is 2.15. The molecule has 6 nitrogen and oxygen atoms in total. The zero-order valence-corrected chi connectivity index (χ0v) is 14.4. The maximum atomic E-state index is 5.43. The monoisotopic (exact) mass is 352 g/mol. The molecule has 0 saturated heterocycles. The highest BCUT2D eigenvalue weighted by molar-refractivity contribution is 7.98. The summed E-state index contributed by atoms with van der Waals surface area (Å²) in [7, 11) is 0. The van der Waals surface area contributed by atoms with Gasteiger partial charge in [-0.15, -0.1) is 5.10 Å². The summed E-state index contributed by atoms with van der Waals surface area (Å²) in [5, 5.41) is 5.32. The number of ether oxygens (including phenoxy) is 2. The van der Waals surface area contributed by atoms with Crippen LogP contribution in [0.2, 0.25) is 0 Å². The second kappa shape index (κ2) is 6.98. The lowest BCUT2D eigenvalue weighted by Gasteiger charge is -2.05. The highest BCUT2D eigenvalue weighted by atomic mass is 32.2. The second-order valence-electron chi connectivity index (χ2n) is 5.41. The third-order valence-corrected chi connectivity index (χ3v) is 4.37. The highest BCUT2D eigenvalue weighted by Crippen LogP contribution is 2.33. The number of hydrogen-bond donors (Lipinski definition) is 0. The summed E-state index contributed by atoms with van der Waals surface area (Å²) < 4.78 is 12.6. The van der Waals surface area contributed by atoms with Crippen molar-refractivity contribution in [3.05, 3.63) is 59.7 Å². The average molecular weight is 352 g/mol. The summed E-state index contributed by atoms with van der Waals surface area (Å²) in [4.78, 5) is 8.85. The SMILES string of the molecule is CSc1nc(/N=C/c2ccccc2)nn1Cc1ccc2c(c1)OCO2. The molecule has 0 radical (unpaired) electrons. The number of aromatic nitrogens is 3. The third-order valence-electron chi connectivity index (χ3n) is 3.71. The van der Waals surface area contributed by atoms with Gasteiger partial charge in [-0.3, -0.25) is 0 Å². The van der Waals surface area contributed by atoms with Crippen molar-refractivity contribution in [2.24, 2.45) is 4.99 Å². The first-order valence-corrected chi connectivity index (χ1v) is 9.01. The van der Waals surface area contributed by atoms with Crippen LogP contribution >= 0.6 is 11.8 Å². The molecule has 1 aliphatic heterocycles. The van der Waals surface area contributed by atoms with Crippen molar-refractivity contribution < 1.29 is 9.47 Å². The molecule has 0 unspecified atom stereocenters. The Morgan fingerprint density at radius 2 is 2.00 bits per heavy atom. The quantitative estimate of drug-likeness (QED) is 0.519. The smallest absolute Gasteiger partial charge is 0.269 e. The predicted octanol–water partition coefficient (Wildman–Crippen LogP) is 3.53. The van der Waals surface area contributed by atoms with Gasteiger partial charge >= 0.3 is 0 Å². The molecule has 0 bridgehead atoms. The maximum absolute atomic E-state index is 5.43. The lowest BCUT2D eigenvalue weighted by Crippen LogP contribution is -2.03. The molecule has 0 aliphatic carbocycles. The Hall–Kier alpha value is -2.80. The number of hydrogen-bond acceptors (Lipinski definition) is 6. The van der Waals surface area contributed by atoms with Gasteiger partial charge in [0.15, 0.2) is 16.7 Å². The molecule has 0 saturated carbocycles. The largest absolute Gasteiger partial charge is 0.454 e. The van der Waals surface area contributed by atoms with E-state index in [1.165, 1.54) is 0 Å². The molecule has 0 atom stereocenters. The molecule has 0 fully saturated rings. The van der Waals surface area contributed by atoms with Gasteiger partial charge in [0.1, 0.15) is 0 Å². The fourth-order valence-electron chi connectivity index (χ4n) is 2.51. The molecule has 2 heterocycles. The first kappa shape index (κ1) is 15.7. The normalized spacial score (nSPS) is 12.8. The lowest BCUT2D eigenvalue weighted by atomic mass is 10.2. The topological polar surface area (TPSA) is 61.5 Å². The van der Waals surface area contributed by atoms with Crippen LogP contribution < -0.4 is 9.47 Å². The number of benzene rings is 2. The molecule has 4 rings (SSSR count). The summed E-state index contributed by atoms with van der Waals surface area (Å²) in [6.45, 7) is 0.872. The zero-order valence-electron chi connectivity index (χ0n) is 13.6. The van der Waals surface area contributed by atoms with E-state index in [0.29, 0.717) is 12.5 Å². The van der Waals surface area contributed by atoms with Crippen molar-refractivity contribution in [3.63, 3.8) is 0 Å². The van der Waals surface area contributed by atoms with Gasteiger partial charge in [0.2, 0.25) is 6.79 Å². The summed E-state index contributed by atoms with van der Waals surface area (Å²) in [5.74, 6) is 2.00. The standard InChI is InChI=1S/C18H16N4O2S/c1-25-18-20-17(19-10-13-5-3-2-4-6-13)21-22(18)11-14-7-8-15-16(9-14)24-12-23-15/h2-10H,11-12H2,1H3/b19-10+. The number of aliphatic imine (C=N–C) groups is 1. The van der Waals surface area contributed by atoms with Crippen LogP contribution in [0, 0.1) is 0 Å². The average Bonchev–Trinajstić information content (AvgIpc) is 3.27. The molecular weight excluding hydrogens is 336 g/mol. The molecule has 1 aromatic heterocycles. The van der Waals surface area contributed by atoms with E-state index in [4.69, 9.17) is 9.47 Å². The fourth-order valence-corrected chi connectivity index (χ4v) is 3.00. The minimum absolute atomic E-state index is 0.274. The van der Waals surface area contributed by atoms with Crippen LogP contribution in [0.4, 0.5) is 5.95 Å². The van der Waals surface area contributed by atoms with Crippen molar-refractivity contribution in [1.29, 1.82) is 0 Å². The van der Waals surface area contributed by atoms with Gasteiger partial charge in [0.05, 0.1) is 6.54 Å². The molecule has 3 aromatic rings. The van der Waals surface area contributed by atoms with Gasteiger partial charge in [-0.1, -0.05) is 48.2 Å². The van der Waals surface area contributed by atoms with Gasteiger partial charge in [0, 0.05) is 6.21 Å². The van der Waals surface area contributed by atoms with Crippen LogP contribution in [0.5, 0.6) is 11.5 Å². The second-order valence-corrected chi connectivity index (χ2v) is 6.19. The van der Waals surface area contributed by atoms with Crippen molar-refractivity contribution in [3.8, 4) is 11.5 Å². The van der Waals surface area contributed by atoms with E-state index < -0.39 is 0 Å². The number of fused-ring (bicyclic) bond motifs is 1. The van der Waals surface area contributed by atoms with Crippen molar-refractivity contribution in [2.45, 2.75) is 11.7 Å². The molecule has 2 aromatic carbocycles. The van der Waals surface area contributed by atoms with E-state index in [1.54, 1.807) is 18.0 Å². The summed E-state index contributed by atoms with van der Waals surface area (Å²) >= 11 is 1.54. The van der Waals surface area contributed by atoms with E-state index >= 15 is 0 Å². The van der Waals surface area contributed by atoms with E-state index in [-0.39, 0.29) is 6.79 Å². The van der Waals surface area contributed by atoms with Crippen LogP contribution in [0.1, 0.15) is 11.1 Å². The first-order valence-electron chi connectivity index (χ1n) is 7.78. The fraction of sp³-hybridized carbons (Fsp3) is 0.167. The van der Waals surface area contributed by atoms with Crippen LogP contribution in [0.3, 0.4) is 0 Å². The van der Waals surface area contributed by atoms with E-state index in [9.17, 15) is 0 Å². The van der Waals surface area contributed by atoms with E-state index in [0.717, 1.165) is 27.8 Å². The number of rotatable bonds is 5. The van der Waals surface area contributed by atoms with Crippen molar-refractivity contribution in [1.82, 2.24) is 14.8 Å². The van der Waals surface area contributed by atoms with Crippen LogP contribution in [0.25, 0.3) is 0 Å². The molecule has 0 amide bonds.